The third kappa shape index (κ3) is 5.50. The van der Waals surface area contributed by atoms with Gasteiger partial charge in [0.15, 0.2) is 0 Å². The van der Waals surface area contributed by atoms with Crippen LogP contribution < -0.4 is 10.6 Å². The van der Waals surface area contributed by atoms with Crippen molar-refractivity contribution < 1.29 is 18.4 Å². The zero-order chi connectivity index (χ0) is 19.3. The van der Waals surface area contributed by atoms with Crippen LogP contribution in [0.15, 0.2) is 42.5 Å². The lowest BCUT2D eigenvalue weighted by Gasteiger charge is -2.23. The second-order valence-corrected chi connectivity index (χ2v) is 6.20. The molecule has 8 heteroatoms. The van der Waals surface area contributed by atoms with Crippen molar-refractivity contribution in [1.29, 1.82) is 0 Å². The van der Waals surface area contributed by atoms with Gasteiger partial charge in [-0.3, -0.25) is 14.5 Å². The van der Waals surface area contributed by atoms with E-state index in [0.717, 1.165) is 12.1 Å². The molecule has 2 amide bonds. The summed E-state index contributed by atoms with van der Waals surface area (Å²) in [4.78, 5) is 25.8. The third-order valence-electron chi connectivity index (χ3n) is 3.73. The van der Waals surface area contributed by atoms with Gasteiger partial charge < -0.3 is 10.6 Å². The van der Waals surface area contributed by atoms with E-state index < -0.39 is 23.6 Å². The van der Waals surface area contributed by atoms with Gasteiger partial charge in [-0.05, 0) is 44.3 Å². The molecule has 0 aliphatic rings. The summed E-state index contributed by atoms with van der Waals surface area (Å²) in [6.07, 6.45) is 0. The summed E-state index contributed by atoms with van der Waals surface area (Å²) in [6, 6.07) is 8.84. The lowest BCUT2D eigenvalue weighted by atomic mass is 10.2. The number of amides is 2. The lowest BCUT2D eigenvalue weighted by molar-refractivity contribution is -0.122. The van der Waals surface area contributed by atoms with Gasteiger partial charge in [0.05, 0.1) is 18.3 Å². The molecule has 1 unspecified atom stereocenters. The summed E-state index contributed by atoms with van der Waals surface area (Å²) in [7, 11) is 1.59. The van der Waals surface area contributed by atoms with Crippen molar-refractivity contribution in [3.8, 4) is 0 Å². The van der Waals surface area contributed by atoms with Gasteiger partial charge in [0.1, 0.15) is 11.6 Å². The van der Waals surface area contributed by atoms with Gasteiger partial charge in [-0.25, -0.2) is 8.78 Å². The van der Waals surface area contributed by atoms with Crippen LogP contribution >= 0.6 is 11.6 Å². The summed E-state index contributed by atoms with van der Waals surface area (Å²) in [5, 5.41) is 5.54. The highest BCUT2D eigenvalue weighted by Crippen LogP contribution is 2.16. The molecule has 0 aliphatic carbocycles. The molecule has 0 fully saturated rings. The first kappa shape index (κ1) is 19.8. The minimum absolute atomic E-state index is 0.0625. The highest BCUT2D eigenvalue weighted by Gasteiger charge is 2.21. The summed E-state index contributed by atoms with van der Waals surface area (Å²) in [5.41, 5.74) is 0.418. The number of likely N-dealkylation sites (N-methyl/N-ethyl adjacent to an activating group) is 1. The van der Waals surface area contributed by atoms with Crippen molar-refractivity contribution in [1.82, 2.24) is 4.90 Å². The van der Waals surface area contributed by atoms with Crippen molar-refractivity contribution in [2.45, 2.75) is 13.0 Å². The first-order chi connectivity index (χ1) is 12.3. The van der Waals surface area contributed by atoms with E-state index in [1.807, 2.05) is 0 Å². The number of anilines is 2. The van der Waals surface area contributed by atoms with E-state index >= 15 is 0 Å². The molecule has 138 valence electrons. The molecule has 1 atom stereocenters. The Morgan fingerprint density at radius 2 is 1.88 bits per heavy atom. The standard InChI is InChI=1S/C18H18ClF2N3O2/c1-11(18(26)23-16-7-6-13(20)9-15(16)21)24(2)10-17(25)22-14-5-3-4-12(19)8-14/h3-9,11H,10H2,1-2H3,(H,22,25)(H,23,26). The maximum absolute atomic E-state index is 13.6. The van der Waals surface area contributed by atoms with E-state index in [2.05, 4.69) is 10.6 Å². The molecule has 2 N–H and O–H groups in total. The molecule has 2 aromatic carbocycles. The molecule has 2 aromatic rings. The summed E-state index contributed by atoms with van der Waals surface area (Å²) < 4.78 is 26.5. The number of rotatable bonds is 6. The third-order valence-corrected chi connectivity index (χ3v) is 3.97. The Morgan fingerprint density at radius 3 is 2.54 bits per heavy atom. The Balaban J connectivity index is 1.92. The van der Waals surface area contributed by atoms with Crippen LogP contribution in [0.2, 0.25) is 5.02 Å². The second-order valence-electron chi connectivity index (χ2n) is 5.76. The monoisotopic (exact) mass is 381 g/mol. The van der Waals surface area contributed by atoms with Gasteiger partial charge in [0.2, 0.25) is 11.8 Å². The zero-order valence-corrected chi connectivity index (χ0v) is 15.0. The van der Waals surface area contributed by atoms with Gasteiger partial charge in [0.25, 0.3) is 0 Å². The molecule has 0 aromatic heterocycles. The van der Waals surface area contributed by atoms with Gasteiger partial charge in [-0.15, -0.1) is 0 Å². The minimum atomic E-state index is -0.869. The first-order valence-corrected chi connectivity index (χ1v) is 8.15. The SMILES string of the molecule is CC(C(=O)Nc1ccc(F)cc1F)N(C)CC(=O)Nc1cccc(Cl)c1. The van der Waals surface area contributed by atoms with E-state index in [0.29, 0.717) is 16.8 Å². The van der Waals surface area contributed by atoms with Crippen molar-refractivity contribution >= 4 is 34.8 Å². The van der Waals surface area contributed by atoms with Gasteiger partial charge in [-0.1, -0.05) is 17.7 Å². The molecular weight excluding hydrogens is 364 g/mol. The topological polar surface area (TPSA) is 61.4 Å². The van der Waals surface area contributed by atoms with Crippen LogP contribution in [-0.4, -0.2) is 36.3 Å². The number of halogens is 3. The summed E-state index contributed by atoms with van der Waals surface area (Å²) in [6.45, 7) is 1.51. The number of hydrogen-bond acceptors (Lipinski definition) is 3. The molecule has 0 spiro atoms. The lowest BCUT2D eigenvalue weighted by Crippen LogP contribution is -2.43. The number of nitrogens with one attached hydrogen (secondary N) is 2. The fraction of sp³-hybridized carbons (Fsp3) is 0.222. The molecule has 5 nitrogen and oxygen atoms in total. The Morgan fingerprint density at radius 1 is 1.15 bits per heavy atom. The van der Waals surface area contributed by atoms with Gasteiger partial charge in [0, 0.05) is 16.8 Å². The second kappa shape index (κ2) is 8.73. The average Bonchev–Trinajstić information content (AvgIpc) is 2.56. The van der Waals surface area contributed by atoms with E-state index in [-0.39, 0.29) is 18.1 Å². The molecule has 0 bridgehead atoms. The Hall–Kier alpha value is -2.51. The maximum atomic E-state index is 13.6. The molecule has 0 heterocycles. The van der Waals surface area contributed by atoms with E-state index in [4.69, 9.17) is 11.6 Å². The molecule has 2 rings (SSSR count). The van der Waals surface area contributed by atoms with E-state index in [1.165, 1.54) is 4.90 Å². The van der Waals surface area contributed by atoms with Crippen LogP contribution in [-0.2, 0) is 9.59 Å². The molecule has 0 radical (unpaired) electrons. The van der Waals surface area contributed by atoms with Crippen molar-refractivity contribution in [2.75, 3.05) is 24.2 Å². The van der Waals surface area contributed by atoms with Crippen LogP contribution in [0.3, 0.4) is 0 Å². The van der Waals surface area contributed by atoms with Crippen LogP contribution in [0.1, 0.15) is 6.92 Å². The fourth-order valence-corrected chi connectivity index (χ4v) is 2.35. The molecule has 0 saturated carbocycles. The molecule has 26 heavy (non-hydrogen) atoms. The highest BCUT2D eigenvalue weighted by molar-refractivity contribution is 6.30. The predicted molar refractivity (Wildman–Crippen MR) is 97.2 cm³/mol. The van der Waals surface area contributed by atoms with Crippen LogP contribution in [0.4, 0.5) is 20.2 Å². The smallest absolute Gasteiger partial charge is 0.241 e. The van der Waals surface area contributed by atoms with E-state index in [9.17, 15) is 18.4 Å². The normalized spacial score (nSPS) is 11.9. The number of hydrogen-bond donors (Lipinski definition) is 2. The first-order valence-electron chi connectivity index (χ1n) is 7.78. The predicted octanol–water partition coefficient (Wildman–Crippen LogP) is 3.52. The van der Waals surface area contributed by atoms with Crippen molar-refractivity contribution in [2.24, 2.45) is 0 Å². The number of carbonyl (C=O) groups is 2. The van der Waals surface area contributed by atoms with Crippen LogP contribution in [0.5, 0.6) is 0 Å². The van der Waals surface area contributed by atoms with Gasteiger partial charge in [-0.2, -0.15) is 0 Å². The summed E-state index contributed by atoms with van der Waals surface area (Å²) in [5.74, 6) is -2.45. The minimum Gasteiger partial charge on any atom is -0.325 e. The fourth-order valence-electron chi connectivity index (χ4n) is 2.16. The Bertz CT molecular complexity index is 817. The van der Waals surface area contributed by atoms with Crippen LogP contribution in [0, 0.1) is 11.6 Å². The molecular formula is C18H18ClF2N3O2. The zero-order valence-electron chi connectivity index (χ0n) is 14.2. The molecule has 0 aliphatic heterocycles. The van der Waals surface area contributed by atoms with Crippen LogP contribution in [0.25, 0.3) is 0 Å². The largest absolute Gasteiger partial charge is 0.325 e. The maximum Gasteiger partial charge on any atom is 0.241 e. The quantitative estimate of drug-likeness (QED) is 0.804. The molecule has 0 saturated heterocycles. The summed E-state index contributed by atoms with van der Waals surface area (Å²) >= 11 is 5.86. The average molecular weight is 382 g/mol. The Kier molecular flexibility index (Phi) is 6.65. The van der Waals surface area contributed by atoms with Crippen molar-refractivity contribution in [3.05, 3.63) is 59.1 Å². The van der Waals surface area contributed by atoms with E-state index in [1.54, 1.807) is 38.2 Å². The van der Waals surface area contributed by atoms with Gasteiger partial charge >= 0.3 is 0 Å². The Labute approximate surface area is 154 Å². The number of nitrogens with zero attached hydrogens (tertiary/aromatic N) is 1. The number of benzene rings is 2. The highest BCUT2D eigenvalue weighted by atomic mass is 35.5. The van der Waals surface area contributed by atoms with Crippen molar-refractivity contribution in [3.63, 3.8) is 0 Å². The number of carbonyl (C=O) groups excluding carboxylic acids is 2.